The van der Waals surface area contributed by atoms with E-state index < -0.39 is 34.7 Å². The van der Waals surface area contributed by atoms with E-state index in [9.17, 15) is 18.6 Å². The maximum Gasteiger partial charge on any atom is 0.326 e. The van der Waals surface area contributed by atoms with E-state index in [0.29, 0.717) is 24.3 Å². The third-order valence-corrected chi connectivity index (χ3v) is 4.39. The number of aliphatic carboxylic acids is 1. The number of carbonyl (C=O) groups excluding carboxylic acids is 2. The Labute approximate surface area is 118 Å². The highest BCUT2D eigenvalue weighted by Crippen LogP contribution is 2.09. The smallest absolute Gasteiger partial charge is 0.326 e. The van der Waals surface area contributed by atoms with Crippen LogP contribution in [0, 0.1) is 0 Å². The molecule has 1 heterocycles. The van der Waals surface area contributed by atoms with Gasteiger partial charge in [-0.05, 0) is 19.3 Å². The lowest BCUT2D eigenvalue weighted by molar-refractivity contribution is -0.139. The van der Waals surface area contributed by atoms with E-state index in [-0.39, 0.29) is 18.9 Å². The Kier molecular flexibility index (Phi) is 6.43. The maximum absolute atomic E-state index is 11.7. The topological polar surface area (TPSA) is 139 Å². The van der Waals surface area contributed by atoms with Crippen LogP contribution in [-0.4, -0.2) is 50.8 Å². The summed E-state index contributed by atoms with van der Waals surface area (Å²) >= 11 is 0. The minimum Gasteiger partial charge on any atom is -0.480 e. The van der Waals surface area contributed by atoms with Crippen LogP contribution >= 0.6 is 0 Å². The standard InChI is InChI=1S/C11H19N3O5S/c12-9(15)2-1-8(10(16)17)14-11(18)13-7-3-5-20(19)6-4-7/h7-8H,1-6H2,(H2,12,15)(H,16,17)(H2,13,14,18)/t7?,8-,20?/m1/s1. The number of urea groups is 1. The van der Waals surface area contributed by atoms with Gasteiger partial charge in [0.2, 0.25) is 5.91 Å². The molecule has 0 saturated carbocycles. The van der Waals surface area contributed by atoms with Crippen LogP contribution in [0.15, 0.2) is 0 Å². The van der Waals surface area contributed by atoms with Gasteiger partial charge in [-0.3, -0.25) is 9.00 Å². The third-order valence-electron chi connectivity index (χ3n) is 3.01. The third kappa shape index (κ3) is 6.00. The predicted molar refractivity (Wildman–Crippen MR) is 72.4 cm³/mol. The van der Waals surface area contributed by atoms with E-state index in [1.165, 1.54) is 0 Å². The summed E-state index contributed by atoms with van der Waals surface area (Å²) in [4.78, 5) is 33.3. The molecule has 114 valence electrons. The van der Waals surface area contributed by atoms with Gasteiger partial charge in [0.15, 0.2) is 0 Å². The van der Waals surface area contributed by atoms with E-state index in [4.69, 9.17) is 10.8 Å². The van der Waals surface area contributed by atoms with Crippen LogP contribution < -0.4 is 16.4 Å². The molecule has 3 amide bonds. The summed E-state index contributed by atoms with van der Waals surface area (Å²) in [5.74, 6) is -0.761. The van der Waals surface area contributed by atoms with Crippen LogP contribution in [0.5, 0.6) is 0 Å². The molecule has 1 saturated heterocycles. The largest absolute Gasteiger partial charge is 0.480 e. The van der Waals surface area contributed by atoms with Crippen LogP contribution in [-0.2, 0) is 20.4 Å². The molecule has 9 heteroatoms. The highest BCUT2D eigenvalue weighted by Gasteiger charge is 2.23. The first kappa shape index (κ1) is 16.4. The van der Waals surface area contributed by atoms with Gasteiger partial charge in [-0.1, -0.05) is 0 Å². The number of hydrogen-bond donors (Lipinski definition) is 4. The van der Waals surface area contributed by atoms with E-state index in [1.54, 1.807) is 0 Å². The number of rotatable bonds is 6. The number of carboxylic acids is 1. The molecule has 0 aromatic rings. The molecule has 20 heavy (non-hydrogen) atoms. The minimum atomic E-state index is -1.22. The molecular formula is C11H19N3O5S. The fraction of sp³-hybridized carbons (Fsp3) is 0.727. The van der Waals surface area contributed by atoms with Crippen molar-refractivity contribution in [3.05, 3.63) is 0 Å². The summed E-state index contributed by atoms with van der Waals surface area (Å²) in [5, 5.41) is 13.9. The molecule has 0 aromatic heterocycles. The zero-order chi connectivity index (χ0) is 15.1. The molecule has 5 N–H and O–H groups in total. The number of amides is 3. The van der Waals surface area contributed by atoms with Crippen molar-refractivity contribution in [2.24, 2.45) is 5.73 Å². The number of primary amides is 1. The lowest BCUT2D eigenvalue weighted by Gasteiger charge is -2.23. The van der Waals surface area contributed by atoms with Gasteiger partial charge in [0.25, 0.3) is 0 Å². The molecule has 0 aromatic carbocycles. The molecule has 1 fully saturated rings. The average molecular weight is 305 g/mol. The summed E-state index contributed by atoms with van der Waals surface area (Å²) in [6, 6.07) is -1.85. The Morgan fingerprint density at radius 1 is 1.30 bits per heavy atom. The van der Waals surface area contributed by atoms with E-state index in [0.717, 1.165) is 0 Å². The average Bonchev–Trinajstić information content (AvgIpc) is 2.36. The van der Waals surface area contributed by atoms with Gasteiger partial charge < -0.3 is 21.5 Å². The Morgan fingerprint density at radius 2 is 1.90 bits per heavy atom. The molecule has 1 atom stereocenters. The number of nitrogens with one attached hydrogen (secondary N) is 2. The number of carbonyl (C=O) groups is 3. The monoisotopic (exact) mass is 305 g/mol. The molecule has 8 nitrogen and oxygen atoms in total. The van der Waals surface area contributed by atoms with Crippen LogP contribution in [0.4, 0.5) is 4.79 Å². The zero-order valence-electron chi connectivity index (χ0n) is 11.0. The summed E-state index contributed by atoms with van der Waals surface area (Å²) in [5.41, 5.74) is 4.95. The molecule has 0 aliphatic carbocycles. The fourth-order valence-electron chi connectivity index (χ4n) is 1.87. The molecule has 1 rings (SSSR count). The van der Waals surface area contributed by atoms with Crippen molar-refractivity contribution >= 4 is 28.7 Å². The Morgan fingerprint density at radius 3 is 2.40 bits per heavy atom. The minimum absolute atomic E-state index is 0.0488. The van der Waals surface area contributed by atoms with Crippen LogP contribution in [0.2, 0.25) is 0 Å². The molecule has 0 radical (unpaired) electrons. The summed E-state index contributed by atoms with van der Waals surface area (Å²) < 4.78 is 11.2. The molecule has 1 aliphatic rings. The van der Waals surface area contributed by atoms with Crippen molar-refractivity contribution in [1.29, 1.82) is 0 Å². The Hall–Kier alpha value is -1.64. The second kappa shape index (κ2) is 7.83. The molecule has 1 aliphatic heterocycles. The first-order valence-electron chi connectivity index (χ1n) is 6.31. The van der Waals surface area contributed by atoms with Gasteiger partial charge in [-0.25, -0.2) is 9.59 Å². The summed E-state index contributed by atoms with van der Waals surface area (Å²) in [6.45, 7) is 0. The first-order chi connectivity index (χ1) is 9.38. The second-order valence-corrected chi connectivity index (χ2v) is 6.33. The fourth-order valence-corrected chi connectivity index (χ4v) is 3.17. The van der Waals surface area contributed by atoms with Gasteiger partial charge in [-0.15, -0.1) is 0 Å². The summed E-state index contributed by atoms with van der Waals surface area (Å²) in [7, 11) is -0.819. The lowest BCUT2D eigenvalue weighted by Crippen LogP contribution is -2.50. The quantitative estimate of drug-likeness (QED) is 0.494. The SMILES string of the molecule is NC(=O)CC[C@@H](NC(=O)NC1CCS(=O)CC1)C(=O)O. The highest BCUT2D eigenvalue weighted by molar-refractivity contribution is 7.85. The predicted octanol–water partition coefficient (Wildman–Crippen LogP) is -1.08. The Bertz CT molecular complexity index is 405. The maximum atomic E-state index is 11.7. The van der Waals surface area contributed by atoms with Gasteiger partial charge in [0.1, 0.15) is 6.04 Å². The Balaban J connectivity index is 2.39. The van der Waals surface area contributed by atoms with Crippen molar-refractivity contribution in [2.75, 3.05) is 11.5 Å². The van der Waals surface area contributed by atoms with Crippen molar-refractivity contribution in [3.8, 4) is 0 Å². The van der Waals surface area contributed by atoms with Crippen molar-refractivity contribution in [1.82, 2.24) is 10.6 Å². The summed E-state index contributed by atoms with van der Waals surface area (Å²) in [6.07, 6.45) is 1.06. The van der Waals surface area contributed by atoms with E-state index >= 15 is 0 Å². The molecule has 0 spiro atoms. The van der Waals surface area contributed by atoms with Crippen molar-refractivity contribution < 1.29 is 23.7 Å². The molecule has 0 bridgehead atoms. The first-order valence-corrected chi connectivity index (χ1v) is 7.80. The highest BCUT2D eigenvalue weighted by atomic mass is 32.2. The van der Waals surface area contributed by atoms with Crippen LogP contribution in [0.3, 0.4) is 0 Å². The van der Waals surface area contributed by atoms with E-state index in [1.807, 2.05) is 0 Å². The van der Waals surface area contributed by atoms with Crippen molar-refractivity contribution in [2.45, 2.75) is 37.8 Å². The normalized spacial score (nSPS) is 23.6. The van der Waals surface area contributed by atoms with E-state index in [2.05, 4.69) is 10.6 Å². The lowest BCUT2D eigenvalue weighted by atomic mass is 10.1. The number of nitrogens with two attached hydrogens (primary N) is 1. The van der Waals surface area contributed by atoms with Gasteiger partial charge in [-0.2, -0.15) is 0 Å². The number of carboxylic acid groups (broad SMARTS) is 1. The second-order valence-electron chi connectivity index (χ2n) is 4.64. The van der Waals surface area contributed by atoms with Crippen LogP contribution in [0.25, 0.3) is 0 Å². The molecular weight excluding hydrogens is 286 g/mol. The van der Waals surface area contributed by atoms with Crippen LogP contribution in [0.1, 0.15) is 25.7 Å². The van der Waals surface area contributed by atoms with Gasteiger partial charge >= 0.3 is 12.0 Å². The van der Waals surface area contributed by atoms with Gasteiger partial charge in [0, 0.05) is 34.8 Å². The molecule has 0 unspecified atom stereocenters. The number of hydrogen-bond acceptors (Lipinski definition) is 4. The zero-order valence-corrected chi connectivity index (χ0v) is 11.8. The van der Waals surface area contributed by atoms with Gasteiger partial charge in [0.05, 0.1) is 0 Å². The van der Waals surface area contributed by atoms with Crippen molar-refractivity contribution in [3.63, 3.8) is 0 Å².